The zero-order valence-electron chi connectivity index (χ0n) is 20.9. The zero-order valence-corrected chi connectivity index (χ0v) is 24.0. The summed E-state index contributed by atoms with van der Waals surface area (Å²) in [5, 5.41) is 3.57. The molecule has 3 aromatic carbocycles. The molecule has 0 spiro atoms. The van der Waals surface area contributed by atoms with Gasteiger partial charge in [0.2, 0.25) is 21.8 Å². The van der Waals surface area contributed by atoms with Crippen molar-refractivity contribution in [3.63, 3.8) is 0 Å². The molecule has 0 saturated carbocycles. The third kappa shape index (κ3) is 7.86. The van der Waals surface area contributed by atoms with Crippen LogP contribution in [0.4, 0.5) is 5.69 Å². The van der Waals surface area contributed by atoms with Crippen molar-refractivity contribution < 1.29 is 18.0 Å². The maximum Gasteiger partial charge on any atom is 0.244 e. The molecule has 1 atom stereocenters. The van der Waals surface area contributed by atoms with E-state index in [1.54, 1.807) is 31.2 Å². The summed E-state index contributed by atoms with van der Waals surface area (Å²) >= 11 is 18.8. The number of likely N-dealkylation sites (N-methyl/N-ethyl adjacent to an activating group) is 1. The summed E-state index contributed by atoms with van der Waals surface area (Å²) in [7, 11) is -3.97. The molecule has 38 heavy (non-hydrogen) atoms. The quantitative estimate of drug-likeness (QED) is 0.330. The van der Waals surface area contributed by atoms with Gasteiger partial charge in [0, 0.05) is 29.6 Å². The third-order valence-electron chi connectivity index (χ3n) is 5.78. The molecule has 0 aliphatic rings. The van der Waals surface area contributed by atoms with Crippen molar-refractivity contribution in [3.05, 3.63) is 99.0 Å². The van der Waals surface area contributed by atoms with Gasteiger partial charge in [-0.25, -0.2) is 8.42 Å². The molecule has 0 bridgehead atoms. The standard InChI is InChI=1S/C27H28Cl3N3O4S/c1-3-31-27(35)25(15-19-9-5-4-6-10-19)32(17-20-11-7-8-12-22(20)29)26(34)18-33(38(2,36)37)24-16-21(28)13-14-23(24)30/h4-14,16,25H,3,15,17-18H2,1-2H3,(H,31,35)/t25-/m1/s1. The number of amides is 2. The second kappa shape index (κ2) is 13.3. The molecule has 0 unspecified atom stereocenters. The second-order valence-electron chi connectivity index (χ2n) is 8.58. The van der Waals surface area contributed by atoms with Gasteiger partial charge >= 0.3 is 0 Å². The van der Waals surface area contributed by atoms with E-state index < -0.39 is 28.5 Å². The Kier molecular flexibility index (Phi) is 10.4. The molecule has 0 radical (unpaired) electrons. The Bertz CT molecular complexity index is 1390. The van der Waals surface area contributed by atoms with Crippen LogP contribution in [-0.2, 0) is 32.6 Å². The zero-order chi connectivity index (χ0) is 27.9. The van der Waals surface area contributed by atoms with E-state index in [-0.39, 0.29) is 34.6 Å². The first-order valence-electron chi connectivity index (χ1n) is 11.8. The lowest BCUT2D eigenvalue weighted by atomic mass is 10.0. The number of nitrogens with one attached hydrogen (secondary N) is 1. The summed E-state index contributed by atoms with van der Waals surface area (Å²) in [5.74, 6) is -0.984. The molecule has 1 N–H and O–H groups in total. The van der Waals surface area contributed by atoms with Crippen molar-refractivity contribution in [3.8, 4) is 0 Å². The summed E-state index contributed by atoms with van der Waals surface area (Å²) in [6.07, 6.45) is 1.18. The average molecular weight is 597 g/mol. The molecule has 11 heteroatoms. The number of rotatable bonds is 11. The number of benzene rings is 3. The Morgan fingerprint density at radius 1 is 0.921 bits per heavy atom. The van der Waals surface area contributed by atoms with Crippen molar-refractivity contribution >= 4 is 62.3 Å². The van der Waals surface area contributed by atoms with Gasteiger partial charge in [-0.3, -0.25) is 13.9 Å². The molecule has 0 heterocycles. The van der Waals surface area contributed by atoms with E-state index in [0.29, 0.717) is 17.1 Å². The molecule has 3 rings (SSSR count). The van der Waals surface area contributed by atoms with Gasteiger partial charge in [0.25, 0.3) is 0 Å². The highest BCUT2D eigenvalue weighted by Crippen LogP contribution is 2.31. The molecule has 0 fully saturated rings. The van der Waals surface area contributed by atoms with E-state index in [1.807, 2.05) is 30.3 Å². The molecule has 2 amide bonds. The van der Waals surface area contributed by atoms with Crippen molar-refractivity contribution in [2.45, 2.75) is 25.9 Å². The van der Waals surface area contributed by atoms with Crippen LogP contribution in [0.25, 0.3) is 0 Å². The Labute approximate surface area is 238 Å². The lowest BCUT2D eigenvalue weighted by molar-refractivity contribution is -0.140. The van der Waals surface area contributed by atoms with Gasteiger partial charge in [-0.1, -0.05) is 83.3 Å². The minimum atomic E-state index is -3.97. The molecule has 3 aromatic rings. The largest absolute Gasteiger partial charge is 0.355 e. The fraction of sp³-hybridized carbons (Fsp3) is 0.259. The van der Waals surface area contributed by atoms with Gasteiger partial charge in [0.15, 0.2) is 0 Å². The second-order valence-corrected chi connectivity index (χ2v) is 11.7. The first-order chi connectivity index (χ1) is 18.0. The Hall–Kier alpha value is -2.78. The minimum absolute atomic E-state index is 0.0198. The van der Waals surface area contributed by atoms with E-state index in [0.717, 1.165) is 16.1 Å². The number of anilines is 1. The fourth-order valence-electron chi connectivity index (χ4n) is 3.93. The van der Waals surface area contributed by atoms with E-state index in [9.17, 15) is 18.0 Å². The van der Waals surface area contributed by atoms with Crippen LogP contribution in [0, 0.1) is 0 Å². The highest BCUT2D eigenvalue weighted by atomic mass is 35.5. The summed E-state index contributed by atoms with van der Waals surface area (Å²) < 4.78 is 26.5. The molecule has 7 nitrogen and oxygen atoms in total. The number of hydrogen-bond donors (Lipinski definition) is 1. The van der Waals surface area contributed by atoms with Gasteiger partial charge in [-0.15, -0.1) is 0 Å². The summed E-state index contributed by atoms with van der Waals surface area (Å²) in [6, 6.07) is 19.6. The summed E-state index contributed by atoms with van der Waals surface area (Å²) in [5.41, 5.74) is 1.50. The average Bonchev–Trinajstić information content (AvgIpc) is 2.87. The van der Waals surface area contributed by atoms with Crippen LogP contribution in [0.5, 0.6) is 0 Å². The molecule has 0 saturated heterocycles. The highest BCUT2D eigenvalue weighted by Gasteiger charge is 2.33. The molecule has 202 valence electrons. The van der Waals surface area contributed by atoms with Crippen molar-refractivity contribution in [1.29, 1.82) is 0 Å². The van der Waals surface area contributed by atoms with Crippen LogP contribution in [0.15, 0.2) is 72.8 Å². The molecular formula is C27H28Cl3N3O4S. The maximum absolute atomic E-state index is 13.9. The number of sulfonamides is 1. The number of hydrogen-bond acceptors (Lipinski definition) is 4. The topological polar surface area (TPSA) is 86.8 Å². The lowest BCUT2D eigenvalue weighted by Gasteiger charge is -2.33. The van der Waals surface area contributed by atoms with Gasteiger partial charge in [0.05, 0.1) is 17.0 Å². The predicted molar refractivity (Wildman–Crippen MR) is 153 cm³/mol. The molecule has 0 aromatic heterocycles. The van der Waals surface area contributed by atoms with Crippen LogP contribution < -0.4 is 9.62 Å². The van der Waals surface area contributed by atoms with Gasteiger partial charge in [0.1, 0.15) is 12.6 Å². The van der Waals surface area contributed by atoms with E-state index in [4.69, 9.17) is 34.8 Å². The Morgan fingerprint density at radius 2 is 1.58 bits per heavy atom. The number of nitrogens with zero attached hydrogens (tertiary/aromatic N) is 2. The van der Waals surface area contributed by atoms with Crippen LogP contribution in [0.1, 0.15) is 18.1 Å². The molecule has 0 aliphatic heterocycles. The lowest BCUT2D eigenvalue weighted by Crippen LogP contribution is -2.53. The Balaban J connectivity index is 2.08. The minimum Gasteiger partial charge on any atom is -0.355 e. The van der Waals surface area contributed by atoms with Crippen LogP contribution in [0.2, 0.25) is 15.1 Å². The van der Waals surface area contributed by atoms with Crippen molar-refractivity contribution in [2.75, 3.05) is 23.7 Å². The molecule has 0 aliphatic carbocycles. The number of carbonyl (C=O) groups is 2. The van der Waals surface area contributed by atoms with E-state index in [2.05, 4.69) is 5.32 Å². The highest BCUT2D eigenvalue weighted by molar-refractivity contribution is 7.92. The first kappa shape index (κ1) is 29.8. The summed E-state index contributed by atoms with van der Waals surface area (Å²) in [4.78, 5) is 28.6. The van der Waals surface area contributed by atoms with Crippen molar-refractivity contribution in [1.82, 2.24) is 10.2 Å². The smallest absolute Gasteiger partial charge is 0.244 e. The third-order valence-corrected chi connectivity index (χ3v) is 7.83. The van der Waals surface area contributed by atoms with Crippen LogP contribution >= 0.6 is 34.8 Å². The van der Waals surface area contributed by atoms with Crippen LogP contribution in [-0.4, -0.2) is 50.5 Å². The SMILES string of the molecule is CCNC(=O)[C@@H](Cc1ccccc1)N(Cc1ccccc1Cl)C(=O)CN(c1cc(Cl)ccc1Cl)S(C)(=O)=O. The van der Waals surface area contributed by atoms with Gasteiger partial charge in [-0.05, 0) is 42.3 Å². The normalized spacial score (nSPS) is 12.0. The predicted octanol–water partition coefficient (Wildman–Crippen LogP) is 5.19. The van der Waals surface area contributed by atoms with Crippen molar-refractivity contribution in [2.24, 2.45) is 0 Å². The maximum atomic E-state index is 13.9. The summed E-state index contributed by atoms with van der Waals surface area (Å²) in [6.45, 7) is 1.51. The van der Waals surface area contributed by atoms with Crippen LogP contribution in [0.3, 0.4) is 0 Å². The Morgan fingerprint density at radius 3 is 2.21 bits per heavy atom. The number of halogens is 3. The number of carbonyl (C=O) groups excluding carboxylic acids is 2. The van der Waals surface area contributed by atoms with E-state index in [1.165, 1.54) is 23.1 Å². The first-order valence-corrected chi connectivity index (χ1v) is 14.8. The van der Waals surface area contributed by atoms with E-state index >= 15 is 0 Å². The fourth-order valence-corrected chi connectivity index (χ4v) is 5.41. The monoisotopic (exact) mass is 595 g/mol. The van der Waals surface area contributed by atoms with Gasteiger partial charge in [-0.2, -0.15) is 0 Å². The van der Waals surface area contributed by atoms with Gasteiger partial charge < -0.3 is 10.2 Å². The molecular weight excluding hydrogens is 569 g/mol.